The van der Waals surface area contributed by atoms with Gasteiger partial charge in [-0.2, -0.15) is 10.9 Å². The molecule has 18 heteroatoms. The van der Waals surface area contributed by atoms with Crippen LogP contribution in [0.2, 0.25) is 0 Å². The van der Waals surface area contributed by atoms with Crippen molar-refractivity contribution in [3.63, 3.8) is 0 Å². The van der Waals surface area contributed by atoms with E-state index in [0.717, 1.165) is 0 Å². The summed E-state index contributed by atoms with van der Waals surface area (Å²) >= 11 is 0. The number of carbonyl (C=O) groups is 6. The van der Waals surface area contributed by atoms with E-state index in [2.05, 4.69) is 32.1 Å². The van der Waals surface area contributed by atoms with Crippen LogP contribution < -0.4 is 32.1 Å². The molecule has 0 bridgehead atoms. The summed E-state index contributed by atoms with van der Waals surface area (Å²) in [7, 11) is 0. The Morgan fingerprint density at radius 3 is 1.38 bits per heavy atom. The van der Waals surface area contributed by atoms with Crippen LogP contribution in [0, 0.1) is 0 Å². The smallest absolute Gasteiger partial charge is 0.449 e. The minimum atomic E-state index is -1.38. The molecule has 0 aromatic heterocycles. The maximum Gasteiger partial charge on any atom is 0.449 e. The Bertz CT molecular complexity index is 1000. The molecule has 2 aliphatic rings. The summed E-state index contributed by atoms with van der Waals surface area (Å²) in [5.41, 5.74) is 3.86. The number of hydrogen-bond acceptors (Lipinski definition) is 7. The SMILES string of the molecule is CC(C)(C)OC(=O)NC1CC[N+](NC(=O)O)(C(=O)NCCCCNC(=O)[N+]2(NC(=O)O)CCC(NC(=O)O)CC2)CC1. The normalized spacial score (nSPS) is 25.7. The summed E-state index contributed by atoms with van der Waals surface area (Å²) in [5, 5.41) is 38.0. The third kappa shape index (κ3) is 10.7. The second-order valence-corrected chi connectivity index (χ2v) is 11.5. The minimum absolute atomic E-state index is 0.0733. The number of rotatable bonds is 7. The Balaban J connectivity index is 1.80. The number of ether oxygens (including phenoxy) is 1. The van der Waals surface area contributed by atoms with Gasteiger partial charge in [0.1, 0.15) is 31.8 Å². The van der Waals surface area contributed by atoms with Gasteiger partial charge in [0.2, 0.25) is 0 Å². The zero-order valence-electron chi connectivity index (χ0n) is 24.2. The van der Waals surface area contributed by atoms with Gasteiger partial charge < -0.3 is 41.3 Å². The molecular weight excluding hydrogens is 560 g/mol. The van der Waals surface area contributed by atoms with Gasteiger partial charge in [0.15, 0.2) is 0 Å². The fourth-order valence-electron chi connectivity index (χ4n) is 5.00. The average molecular weight is 605 g/mol. The van der Waals surface area contributed by atoms with Crippen LogP contribution in [0.25, 0.3) is 0 Å². The van der Waals surface area contributed by atoms with Crippen LogP contribution in [0.1, 0.15) is 59.3 Å². The van der Waals surface area contributed by atoms with E-state index in [1.54, 1.807) is 20.8 Å². The van der Waals surface area contributed by atoms with Crippen LogP contribution in [0.4, 0.5) is 28.8 Å². The van der Waals surface area contributed by atoms with Gasteiger partial charge >= 0.3 is 36.4 Å². The lowest BCUT2D eigenvalue weighted by molar-refractivity contribution is -0.891. The van der Waals surface area contributed by atoms with E-state index in [0.29, 0.717) is 25.7 Å². The number of hydrogen-bond donors (Lipinski definition) is 9. The highest BCUT2D eigenvalue weighted by atomic mass is 16.6. The molecule has 0 unspecified atom stereocenters. The molecule has 238 valence electrons. The van der Waals surface area contributed by atoms with Crippen LogP contribution in [-0.2, 0) is 4.74 Å². The molecule has 0 atom stereocenters. The fraction of sp³-hybridized carbons (Fsp3) is 0.750. The van der Waals surface area contributed by atoms with E-state index in [9.17, 15) is 39.0 Å². The molecule has 2 aliphatic heterocycles. The number of alkyl carbamates (subject to hydrolysis) is 1. The molecule has 0 spiro atoms. The molecule has 0 radical (unpaired) electrons. The maximum absolute atomic E-state index is 13.0. The molecule has 2 heterocycles. The third-order valence-corrected chi connectivity index (χ3v) is 7.04. The largest absolute Gasteiger partial charge is 0.465 e. The van der Waals surface area contributed by atoms with Crippen molar-refractivity contribution in [2.75, 3.05) is 39.3 Å². The fourth-order valence-corrected chi connectivity index (χ4v) is 5.00. The van der Waals surface area contributed by atoms with Gasteiger partial charge in [-0.3, -0.25) is 0 Å². The van der Waals surface area contributed by atoms with Crippen LogP contribution in [-0.4, -0.2) is 118 Å². The van der Waals surface area contributed by atoms with E-state index in [1.165, 1.54) is 0 Å². The lowest BCUT2D eigenvalue weighted by Gasteiger charge is -2.39. The summed E-state index contributed by atoms with van der Waals surface area (Å²) in [6.45, 7) is 6.00. The number of unbranched alkanes of at least 4 members (excludes halogenated alkanes) is 1. The summed E-state index contributed by atoms with van der Waals surface area (Å²) < 4.78 is 4.14. The van der Waals surface area contributed by atoms with Gasteiger partial charge in [-0.1, -0.05) is 0 Å². The number of quaternary nitrogens is 2. The number of nitrogens with one attached hydrogen (secondary N) is 6. The Hall–Kier alpha value is -4.06. The molecule has 0 aromatic rings. The van der Waals surface area contributed by atoms with Crippen molar-refractivity contribution < 1.29 is 58.0 Å². The van der Waals surface area contributed by atoms with Crippen molar-refractivity contribution >= 4 is 36.4 Å². The molecule has 0 saturated carbocycles. The number of carboxylic acid groups (broad SMARTS) is 3. The monoisotopic (exact) mass is 604 g/mol. The summed E-state index contributed by atoms with van der Waals surface area (Å²) in [6.07, 6.45) is -2.39. The van der Waals surface area contributed by atoms with E-state index in [1.807, 2.05) is 0 Å². The highest BCUT2D eigenvalue weighted by Gasteiger charge is 2.45. The second-order valence-electron chi connectivity index (χ2n) is 11.5. The van der Waals surface area contributed by atoms with Gasteiger partial charge in [-0.05, 0) is 33.6 Å². The van der Waals surface area contributed by atoms with Gasteiger partial charge in [0.05, 0.1) is 0 Å². The number of nitrogens with zero attached hydrogens (tertiary/aromatic N) is 2. The standard InChI is InChI=1S/C24H42N8O10/c1-24(2,3)42-23(41)28-17-8-14-32(15-9-17,30-22(39)40)19(34)26-11-5-4-10-25-18(33)31(29-21(37)38)12-6-16(7-13-31)27-20(35)36/h16-17,27,29-30H,4-15H2,1-3H3,(H4-2,25,26,28,33,34,35,36,37,38,39,40,41)/p+2. The number of likely N-dealkylation sites (tertiary alicyclic amines) is 2. The maximum atomic E-state index is 13.0. The van der Waals surface area contributed by atoms with Gasteiger partial charge in [-0.15, -0.1) is 9.18 Å². The molecule has 0 aromatic carbocycles. The molecule has 42 heavy (non-hydrogen) atoms. The Kier molecular flexibility index (Phi) is 12.0. The van der Waals surface area contributed by atoms with Crippen molar-refractivity contribution in [3.05, 3.63) is 0 Å². The summed E-state index contributed by atoms with van der Waals surface area (Å²) in [5.74, 6) is 0. The van der Waals surface area contributed by atoms with Crippen molar-refractivity contribution in [1.29, 1.82) is 0 Å². The number of urea groups is 2. The van der Waals surface area contributed by atoms with E-state index in [-0.39, 0.29) is 64.2 Å². The Labute approximate surface area is 243 Å². The first-order valence-electron chi connectivity index (χ1n) is 13.9. The van der Waals surface area contributed by atoms with E-state index >= 15 is 0 Å². The van der Waals surface area contributed by atoms with Crippen LogP contribution in [0.15, 0.2) is 0 Å². The first-order valence-corrected chi connectivity index (χ1v) is 13.9. The lowest BCUT2D eigenvalue weighted by atomic mass is 10.0. The molecule has 8 amide bonds. The quantitative estimate of drug-likeness (QED) is 0.149. The molecule has 9 N–H and O–H groups in total. The predicted molar refractivity (Wildman–Crippen MR) is 145 cm³/mol. The van der Waals surface area contributed by atoms with Crippen LogP contribution >= 0.6 is 0 Å². The van der Waals surface area contributed by atoms with E-state index < -0.39 is 51.2 Å². The number of piperidine rings is 2. The topological polar surface area (TPSA) is 245 Å². The van der Waals surface area contributed by atoms with Gasteiger partial charge in [0, 0.05) is 50.9 Å². The number of carbonyl (C=O) groups excluding carboxylic acids is 3. The van der Waals surface area contributed by atoms with Gasteiger partial charge in [-0.25, -0.2) is 28.8 Å². The van der Waals surface area contributed by atoms with Crippen molar-refractivity contribution in [3.8, 4) is 0 Å². The van der Waals surface area contributed by atoms with Crippen molar-refractivity contribution in [1.82, 2.24) is 32.1 Å². The molecule has 2 saturated heterocycles. The van der Waals surface area contributed by atoms with E-state index in [4.69, 9.17) is 9.84 Å². The molecule has 2 rings (SSSR count). The highest BCUT2D eigenvalue weighted by molar-refractivity contribution is 5.71. The minimum Gasteiger partial charge on any atom is -0.465 e. The number of amides is 8. The average Bonchev–Trinajstić information content (AvgIpc) is 2.86. The van der Waals surface area contributed by atoms with Crippen molar-refractivity contribution in [2.24, 2.45) is 0 Å². The highest BCUT2D eigenvalue weighted by Crippen LogP contribution is 2.19. The zero-order valence-corrected chi connectivity index (χ0v) is 24.2. The molecule has 2 fully saturated rings. The summed E-state index contributed by atoms with van der Waals surface area (Å²) in [6, 6.07) is -1.76. The Morgan fingerprint density at radius 1 is 0.667 bits per heavy atom. The second kappa shape index (κ2) is 14.7. The third-order valence-electron chi connectivity index (χ3n) is 7.04. The van der Waals surface area contributed by atoms with Crippen LogP contribution in [0.3, 0.4) is 0 Å². The predicted octanol–water partition coefficient (Wildman–Crippen LogP) is 1.30. The van der Waals surface area contributed by atoms with Crippen molar-refractivity contribution in [2.45, 2.75) is 77.0 Å². The molecule has 18 nitrogen and oxygen atoms in total. The first-order chi connectivity index (χ1) is 19.6. The van der Waals surface area contributed by atoms with Crippen LogP contribution in [0.5, 0.6) is 0 Å². The molecular formula is C24H44N8O10+2. The van der Waals surface area contributed by atoms with Gasteiger partial charge in [0.25, 0.3) is 0 Å². The zero-order chi connectivity index (χ0) is 31.6. The molecule has 0 aliphatic carbocycles. The first kappa shape index (κ1) is 34.1. The summed E-state index contributed by atoms with van der Waals surface area (Å²) in [4.78, 5) is 71.6. The lowest BCUT2D eigenvalue weighted by Crippen LogP contribution is -2.70. The Morgan fingerprint density at radius 2 is 1.05 bits per heavy atom.